The van der Waals surface area contributed by atoms with Crippen LogP contribution in [0.15, 0.2) is 24.3 Å². The summed E-state index contributed by atoms with van der Waals surface area (Å²) in [5, 5.41) is 7.12. The molecule has 32 heavy (non-hydrogen) atoms. The van der Waals surface area contributed by atoms with Gasteiger partial charge >= 0.3 is 12.1 Å². The summed E-state index contributed by atoms with van der Waals surface area (Å²) in [4.78, 5) is 26.4. The lowest BCUT2D eigenvalue weighted by Crippen LogP contribution is -2.52. The summed E-state index contributed by atoms with van der Waals surface area (Å²) in [6.07, 6.45) is -1.57. The number of fused-ring (bicyclic) bond motifs is 1. The quantitative estimate of drug-likeness (QED) is 0.748. The lowest BCUT2D eigenvalue weighted by molar-refractivity contribution is -0.192. The molecule has 0 saturated carbocycles. The fourth-order valence-corrected chi connectivity index (χ4v) is 4.69. The zero-order chi connectivity index (χ0) is 23.3. The van der Waals surface area contributed by atoms with E-state index in [1.165, 1.54) is 5.56 Å². The van der Waals surface area contributed by atoms with Crippen LogP contribution in [0.25, 0.3) is 0 Å². The molecule has 4 rings (SSSR count). The molecule has 3 atom stereocenters. The van der Waals surface area contributed by atoms with Crippen molar-refractivity contribution in [1.29, 1.82) is 0 Å². The van der Waals surface area contributed by atoms with Crippen LogP contribution < -0.4 is 4.74 Å². The number of amides is 1. The topological polar surface area (TPSA) is 79.3 Å². The number of aliphatic carboxylic acids is 1. The van der Waals surface area contributed by atoms with Gasteiger partial charge in [-0.3, -0.25) is 9.69 Å². The largest absolute Gasteiger partial charge is 0.496 e. The number of piperidine rings is 1. The van der Waals surface area contributed by atoms with Crippen LogP contribution >= 0.6 is 0 Å². The first kappa shape index (κ1) is 24.3. The predicted octanol–water partition coefficient (Wildman–Crippen LogP) is 2.79. The number of ether oxygens (including phenoxy) is 2. The molecule has 1 aromatic rings. The summed E-state index contributed by atoms with van der Waals surface area (Å²) in [5.74, 6) is -1.02. The van der Waals surface area contributed by atoms with Gasteiger partial charge in [0.05, 0.1) is 19.1 Å². The van der Waals surface area contributed by atoms with Gasteiger partial charge in [-0.05, 0) is 25.3 Å². The highest BCUT2D eigenvalue weighted by Gasteiger charge is 2.45. The highest BCUT2D eigenvalue weighted by molar-refractivity contribution is 5.80. The number of carbonyl (C=O) groups is 2. The van der Waals surface area contributed by atoms with Gasteiger partial charge in [-0.25, -0.2) is 4.79 Å². The first-order valence-electron chi connectivity index (χ1n) is 10.8. The third-order valence-electron chi connectivity index (χ3n) is 6.23. The zero-order valence-electron chi connectivity index (χ0n) is 18.0. The van der Waals surface area contributed by atoms with E-state index in [1.54, 1.807) is 7.11 Å². The molecule has 0 bridgehead atoms. The SMILES string of the molecule is COc1ccccc1CN1C[C@H](C(=O)N2CCCC2)[C@@H]2CCO[C@@H]2C1.O=C(O)C(F)(F)F. The van der Waals surface area contributed by atoms with Crippen molar-refractivity contribution in [3.63, 3.8) is 0 Å². The molecule has 1 N–H and O–H groups in total. The van der Waals surface area contributed by atoms with Crippen molar-refractivity contribution < 1.29 is 37.3 Å². The second-order valence-electron chi connectivity index (χ2n) is 8.31. The van der Waals surface area contributed by atoms with Crippen molar-refractivity contribution in [2.75, 3.05) is 39.9 Å². The Kier molecular flexibility index (Phi) is 8.00. The van der Waals surface area contributed by atoms with Crippen molar-refractivity contribution in [2.24, 2.45) is 11.8 Å². The van der Waals surface area contributed by atoms with Gasteiger partial charge in [0.2, 0.25) is 5.91 Å². The van der Waals surface area contributed by atoms with Gasteiger partial charge in [0.25, 0.3) is 0 Å². The fourth-order valence-electron chi connectivity index (χ4n) is 4.69. The van der Waals surface area contributed by atoms with Gasteiger partial charge in [-0.1, -0.05) is 18.2 Å². The second kappa shape index (κ2) is 10.5. The highest BCUT2D eigenvalue weighted by atomic mass is 19.4. The van der Waals surface area contributed by atoms with E-state index in [-0.39, 0.29) is 12.0 Å². The van der Waals surface area contributed by atoms with Crippen molar-refractivity contribution in [2.45, 2.75) is 38.1 Å². The van der Waals surface area contributed by atoms with Gasteiger partial charge in [0.1, 0.15) is 5.75 Å². The first-order chi connectivity index (χ1) is 15.2. The van der Waals surface area contributed by atoms with E-state index < -0.39 is 12.1 Å². The number of likely N-dealkylation sites (tertiary alicyclic amines) is 2. The number of nitrogens with zero attached hydrogens (tertiary/aromatic N) is 2. The number of alkyl halides is 3. The predicted molar refractivity (Wildman–Crippen MR) is 109 cm³/mol. The molecule has 0 aliphatic carbocycles. The minimum atomic E-state index is -5.08. The third kappa shape index (κ3) is 5.92. The average molecular weight is 458 g/mol. The maximum absolute atomic E-state index is 13.1. The molecule has 0 unspecified atom stereocenters. The van der Waals surface area contributed by atoms with E-state index in [2.05, 4.69) is 15.9 Å². The second-order valence-corrected chi connectivity index (χ2v) is 8.31. The van der Waals surface area contributed by atoms with E-state index >= 15 is 0 Å². The standard InChI is InChI=1S/C20H28N2O3.C2HF3O2/c1-24-18-7-3-2-6-15(18)12-21-13-17(16-8-11-25-19(16)14-21)20(23)22-9-4-5-10-22;3-2(4,5)1(6)7/h2-3,6-7,16-17,19H,4-5,8-14H2,1H3;(H,6,7)/t16-,17-,19+;/m0./s1. The monoisotopic (exact) mass is 458 g/mol. The first-order valence-corrected chi connectivity index (χ1v) is 10.8. The number of halogens is 3. The van der Waals surface area contributed by atoms with Crippen LogP contribution in [0.4, 0.5) is 13.2 Å². The maximum atomic E-state index is 13.1. The van der Waals surface area contributed by atoms with Crippen LogP contribution in [0.3, 0.4) is 0 Å². The van der Waals surface area contributed by atoms with Crippen molar-refractivity contribution in [1.82, 2.24) is 9.80 Å². The van der Waals surface area contributed by atoms with Gasteiger partial charge in [0.15, 0.2) is 0 Å². The van der Waals surface area contributed by atoms with Gasteiger partial charge in [-0.15, -0.1) is 0 Å². The fraction of sp³-hybridized carbons (Fsp3) is 0.636. The Balaban J connectivity index is 0.000000360. The Morgan fingerprint density at radius 1 is 1.19 bits per heavy atom. The Bertz CT molecular complexity index is 798. The summed E-state index contributed by atoms with van der Waals surface area (Å²) in [7, 11) is 1.71. The average Bonchev–Trinajstić information content (AvgIpc) is 3.45. The Hall–Kier alpha value is -2.33. The molecule has 0 radical (unpaired) electrons. The molecule has 0 aromatic heterocycles. The van der Waals surface area contributed by atoms with Crippen LogP contribution in [-0.2, 0) is 20.9 Å². The van der Waals surface area contributed by atoms with E-state index in [1.807, 2.05) is 18.2 Å². The van der Waals surface area contributed by atoms with Crippen LogP contribution in [0.1, 0.15) is 24.8 Å². The molecule has 3 heterocycles. The van der Waals surface area contributed by atoms with Crippen LogP contribution in [0.5, 0.6) is 5.75 Å². The number of methoxy groups -OCH3 is 1. The summed E-state index contributed by atoms with van der Waals surface area (Å²) in [6.45, 7) is 5.20. The molecule has 1 amide bonds. The number of hydrogen-bond donors (Lipinski definition) is 1. The number of carboxylic acid groups (broad SMARTS) is 1. The normalized spacial score (nSPS) is 25.6. The summed E-state index contributed by atoms with van der Waals surface area (Å²) >= 11 is 0. The summed E-state index contributed by atoms with van der Waals surface area (Å²) in [5.41, 5.74) is 1.17. The van der Waals surface area contributed by atoms with Crippen molar-refractivity contribution in [3.8, 4) is 5.75 Å². The molecule has 178 valence electrons. The molecule has 0 spiro atoms. The third-order valence-corrected chi connectivity index (χ3v) is 6.23. The molecule has 7 nitrogen and oxygen atoms in total. The number of carboxylic acids is 1. The lowest BCUT2D eigenvalue weighted by Gasteiger charge is -2.40. The van der Waals surface area contributed by atoms with E-state index in [4.69, 9.17) is 19.4 Å². The van der Waals surface area contributed by atoms with Crippen LogP contribution in [-0.4, -0.2) is 79.0 Å². The Morgan fingerprint density at radius 3 is 2.47 bits per heavy atom. The van der Waals surface area contributed by atoms with Crippen LogP contribution in [0, 0.1) is 11.8 Å². The number of para-hydroxylation sites is 1. The summed E-state index contributed by atoms with van der Waals surface area (Å²) < 4.78 is 43.2. The molecular formula is C22H29F3N2O5. The van der Waals surface area contributed by atoms with Gasteiger partial charge in [-0.2, -0.15) is 13.2 Å². The molecule has 1 aromatic carbocycles. The highest BCUT2D eigenvalue weighted by Crippen LogP contribution is 2.36. The van der Waals surface area contributed by atoms with Gasteiger partial charge in [0, 0.05) is 50.8 Å². The molecule has 3 fully saturated rings. The molecule has 3 saturated heterocycles. The summed E-state index contributed by atoms with van der Waals surface area (Å²) in [6, 6.07) is 8.15. The van der Waals surface area contributed by atoms with Crippen molar-refractivity contribution in [3.05, 3.63) is 29.8 Å². The van der Waals surface area contributed by atoms with E-state index in [0.29, 0.717) is 11.8 Å². The lowest BCUT2D eigenvalue weighted by atomic mass is 9.81. The zero-order valence-corrected chi connectivity index (χ0v) is 18.0. The number of rotatable bonds is 4. The molecule has 3 aliphatic heterocycles. The minimum Gasteiger partial charge on any atom is -0.496 e. The maximum Gasteiger partial charge on any atom is 0.490 e. The van der Waals surface area contributed by atoms with Gasteiger partial charge < -0.3 is 19.5 Å². The number of benzene rings is 1. The smallest absolute Gasteiger partial charge is 0.490 e. The number of hydrogen-bond acceptors (Lipinski definition) is 5. The van der Waals surface area contributed by atoms with E-state index in [0.717, 1.165) is 64.3 Å². The Labute approximate surface area is 185 Å². The number of carbonyl (C=O) groups excluding carboxylic acids is 1. The van der Waals surface area contributed by atoms with Crippen LogP contribution in [0.2, 0.25) is 0 Å². The molecule has 3 aliphatic rings. The van der Waals surface area contributed by atoms with Crippen molar-refractivity contribution >= 4 is 11.9 Å². The molecular weight excluding hydrogens is 429 g/mol. The minimum absolute atomic E-state index is 0.0778. The van der Waals surface area contributed by atoms with E-state index in [9.17, 15) is 18.0 Å². The Morgan fingerprint density at radius 2 is 1.84 bits per heavy atom. The molecule has 10 heteroatoms.